The molecule has 0 radical (unpaired) electrons. The Kier molecular flexibility index (Phi) is 8.62. The van der Waals surface area contributed by atoms with Crippen LogP contribution in [0.15, 0.2) is 92.3 Å². The van der Waals surface area contributed by atoms with E-state index >= 15 is 0 Å². The molecule has 8 aromatic heterocycles. The summed E-state index contributed by atoms with van der Waals surface area (Å²) in [6.45, 7) is 0. The molecule has 0 saturated carbocycles. The third-order valence-corrected chi connectivity index (χ3v) is 8.22. The van der Waals surface area contributed by atoms with Gasteiger partial charge in [-0.05, 0) is 24.9 Å². The van der Waals surface area contributed by atoms with E-state index in [0.29, 0.717) is 11.5 Å². The molecule has 0 spiro atoms. The molecule has 0 amide bonds. The molecule has 0 aliphatic heterocycles. The largest absolute Gasteiger partial charge is 2.00 e. The first-order chi connectivity index (χ1) is 23.4. The van der Waals surface area contributed by atoms with Crippen LogP contribution in [0, 0.1) is 24.5 Å². The van der Waals surface area contributed by atoms with E-state index in [1.54, 1.807) is 50.1 Å². The van der Waals surface area contributed by atoms with Gasteiger partial charge in [0, 0.05) is 39.0 Å². The Morgan fingerprint density at radius 1 is 0.560 bits per heavy atom. The summed E-state index contributed by atoms with van der Waals surface area (Å²) < 4.78 is 30.4. The fourth-order valence-electron chi connectivity index (χ4n) is 5.86. The minimum atomic E-state index is 0. The molecular weight excluding hydrogens is 999 g/mol. The first-order valence-electron chi connectivity index (χ1n) is 14.9. The van der Waals surface area contributed by atoms with E-state index in [2.05, 4.69) is 44.5 Å². The van der Waals surface area contributed by atoms with Crippen LogP contribution in [0.25, 0.3) is 89.2 Å². The van der Waals surface area contributed by atoms with Crippen molar-refractivity contribution in [1.82, 2.24) is 38.2 Å². The van der Waals surface area contributed by atoms with Gasteiger partial charge in [-0.3, -0.25) is 0 Å². The molecule has 0 bridgehead atoms. The molecule has 50 heavy (non-hydrogen) atoms. The molecule has 252 valence electrons. The van der Waals surface area contributed by atoms with Crippen molar-refractivity contribution in [1.29, 1.82) is 0 Å². The van der Waals surface area contributed by atoms with Gasteiger partial charge in [-0.15, -0.1) is 24.5 Å². The van der Waals surface area contributed by atoms with Crippen molar-refractivity contribution >= 4 is 43.5 Å². The fourth-order valence-corrected chi connectivity index (χ4v) is 5.86. The summed E-state index contributed by atoms with van der Waals surface area (Å²) in [6, 6.07) is 10.8. The van der Waals surface area contributed by atoms with Gasteiger partial charge in [0.2, 0.25) is 0 Å². The van der Waals surface area contributed by atoms with Gasteiger partial charge in [-0.25, -0.2) is 9.97 Å². The number of nitrogens with zero attached hydrogens (tertiary/aromatic N) is 8. The molecule has 0 aliphatic rings. The third-order valence-electron chi connectivity index (χ3n) is 8.22. The molecule has 10 rings (SSSR count). The Morgan fingerprint density at radius 3 is 1.36 bits per heavy atom. The van der Waals surface area contributed by atoms with Gasteiger partial charge in [0.05, 0.1) is 59.3 Å². The average molecular weight is 1020 g/mol. The Morgan fingerprint density at radius 2 is 1.00 bits per heavy atom. The zero-order valence-electron chi connectivity index (χ0n) is 26.8. The van der Waals surface area contributed by atoms with Crippen LogP contribution in [0.5, 0.6) is 0 Å². The van der Waals surface area contributed by atoms with Crippen molar-refractivity contribution in [2.24, 2.45) is 28.2 Å². The van der Waals surface area contributed by atoms with Crippen LogP contribution >= 0.6 is 0 Å². The monoisotopic (exact) mass is 1020 g/mol. The van der Waals surface area contributed by atoms with Gasteiger partial charge in [0.1, 0.15) is 0 Å². The van der Waals surface area contributed by atoms with Crippen LogP contribution in [0.2, 0.25) is 0 Å². The molecule has 0 atom stereocenters. The molecule has 0 fully saturated rings. The maximum atomic E-state index is 5.73. The summed E-state index contributed by atoms with van der Waals surface area (Å²) in [5.74, 6) is 2.97. The second-order valence-corrected chi connectivity index (χ2v) is 11.6. The molecule has 0 N–H and O–H groups in total. The van der Waals surface area contributed by atoms with Crippen molar-refractivity contribution < 1.29 is 59.8 Å². The summed E-state index contributed by atoms with van der Waals surface area (Å²) in [4.78, 5) is 17.3. The zero-order valence-corrected chi connectivity index (χ0v) is 31.3. The number of aryl methyl sites for hydroxylation is 4. The molecule has 12 nitrogen and oxygen atoms in total. The number of fused-ring (bicyclic) bond motifs is 4. The van der Waals surface area contributed by atoms with Crippen molar-refractivity contribution in [2.75, 3.05) is 0 Å². The number of rotatable bonds is 4. The van der Waals surface area contributed by atoms with Crippen LogP contribution in [-0.2, 0) is 70.3 Å². The van der Waals surface area contributed by atoms with Crippen molar-refractivity contribution in [2.45, 2.75) is 0 Å². The van der Waals surface area contributed by atoms with Gasteiger partial charge in [0.15, 0.2) is 0 Å². The maximum absolute atomic E-state index is 5.73. The summed E-state index contributed by atoms with van der Waals surface area (Å²) in [7, 11) is 7.70. The minimum absolute atomic E-state index is 0. The topological polar surface area (TPSA) is 124 Å². The molecule has 2 aromatic carbocycles. The number of benzene rings is 2. The Labute approximate surface area is 312 Å². The summed E-state index contributed by atoms with van der Waals surface area (Å²) in [5.41, 5.74) is 4.80. The fraction of sp³-hybridized carbons (Fsp3) is 0.111. The summed E-state index contributed by atoms with van der Waals surface area (Å²) >= 11 is 0. The maximum Gasteiger partial charge on any atom is 2.00 e. The zero-order chi connectivity index (χ0) is 32.5. The molecule has 10 aromatic rings. The van der Waals surface area contributed by atoms with E-state index < -0.39 is 0 Å². The standard InChI is InChI=1S/2C18H12N4O2.2Pt/c2*1-21-7-15(20-10-21)17-12-6-13-14(18-19-3-4-22(18)2)9-23-16(13)5-11(12)8-24-17;;/h2*4-5,7-10H,1-2H3;;/q2*-2;2*+2. The summed E-state index contributed by atoms with van der Waals surface area (Å²) in [6.07, 6.45) is 23.4. The predicted octanol–water partition coefficient (Wildman–Crippen LogP) is 7.16. The Hall–Kier alpha value is -5.18. The van der Waals surface area contributed by atoms with E-state index in [0.717, 1.165) is 77.6 Å². The number of furan rings is 4. The van der Waals surface area contributed by atoms with E-state index in [4.69, 9.17) is 17.7 Å². The third kappa shape index (κ3) is 5.49. The molecule has 0 saturated heterocycles. The van der Waals surface area contributed by atoms with Crippen molar-refractivity contribution in [3.05, 3.63) is 99.2 Å². The number of aromatic nitrogens is 8. The van der Waals surface area contributed by atoms with E-state index in [9.17, 15) is 0 Å². The summed E-state index contributed by atoms with van der Waals surface area (Å²) in [5, 5.41) is 5.34. The van der Waals surface area contributed by atoms with Gasteiger partial charge in [-0.1, -0.05) is 68.8 Å². The smallest absolute Gasteiger partial charge is 0.509 e. The minimum Gasteiger partial charge on any atom is -0.509 e. The second kappa shape index (κ2) is 12.9. The van der Waals surface area contributed by atoms with Crippen molar-refractivity contribution in [3.8, 4) is 45.7 Å². The van der Waals surface area contributed by atoms with Gasteiger partial charge in [-0.2, -0.15) is 0 Å². The van der Waals surface area contributed by atoms with Gasteiger partial charge < -0.3 is 45.9 Å². The van der Waals surface area contributed by atoms with E-state index in [-0.39, 0.29) is 42.1 Å². The molecular formula is C36H24N8O4Pt2. The van der Waals surface area contributed by atoms with Crippen LogP contribution < -0.4 is 0 Å². The molecule has 0 unspecified atom stereocenters. The Bertz CT molecular complexity index is 2580. The SMILES string of the molecule is Cn1cnc(-c2occ3cc4occ(-c5n[c-]cn5C)c4[c-]c23)c1.Cn1cnc(-c2occ3cc4occ(-c5n[c-]cn5C)c4[c-]c23)c1.[Pt+2].[Pt+2]. The van der Waals surface area contributed by atoms with Gasteiger partial charge >= 0.3 is 42.1 Å². The van der Waals surface area contributed by atoms with Crippen LogP contribution in [0.1, 0.15) is 0 Å². The normalized spacial score (nSPS) is 11.3. The van der Waals surface area contributed by atoms with Crippen LogP contribution in [0.3, 0.4) is 0 Å². The molecule has 14 heteroatoms. The second-order valence-electron chi connectivity index (χ2n) is 11.6. The Balaban J connectivity index is 0.000000151. The quantitative estimate of drug-likeness (QED) is 0.171. The molecule has 0 aliphatic carbocycles. The van der Waals surface area contributed by atoms with Gasteiger partial charge in [0.25, 0.3) is 0 Å². The van der Waals surface area contributed by atoms with E-state index in [1.807, 2.05) is 71.0 Å². The average Bonchev–Trinajstić information content (AvgIpc) is 3.91. The number of hydrogen-bond acceptors (Lipinski definition) is 8. The first-order valence-corrected chi connectivity index (χ1v) is 14.9. The predicted molar refractivity (Wildman–Crippen MR) is 176 cm³/mol. The van der Waals surface area contributed by atoms with Crippen LogP contribution in [-0.4, -0.2) is 38.2 Å². The van der Waals surface area contributed by atoms with Crippen molar-refractivity contribution in [3.63, 3.8) is 0 Å². The van der Waals surface area contributed by atoms with Crippen LogP contribution in [0.4, 0.5) is 0 Å². The number of imidazole rings is 4. The van der Waals surface area contributed by atoms with E-state index in [1.165, 1.54) is 0 Å². The number of hydrogen-bond donors (Lipinski definition) is 0. The molecule has 8 heterocycles. The first kappa shape index (κ1) is 33.3.